The Bertz CT molecular complexity index is 862. The predicted molar refractivity (Wildman–Crippen MR) is 144 cm³/mol. The van der Waals surface area contributed by atoms with Gasteiger partial charge in [0.1, 0.15) is 11.3 Å². The lowest BCUT2D eigenvalue weighted by Crippen LogP contribution is -2.38. The van der Waals surface area contributed by atoms with Crippen molar-refractivity contribution in [3.63, 3.8) is 0 Å². The van der Waals surface area contributed by atoms with Gasteiger partial charge in [0.15, 0.2) is 5.78 Å². The number of nitrogens with zero attached hydrogens (tertiary/aromatic N) is 1. The van der Waals surface area contributed by atoms with Crippen molar-refractivity contribution in [1.29, 1.82) is 0 Å². The number of aliphatic imine (C=N–C) groups is 1. The maximum absolute atomic E-state index is 14.6. The Morgan fingerprint density at radius 3 is 2.43 bits per heavy atom. The Morgan fingerprint density at radius 1 is 1.23 bits per heavy atom. The summed E-state index contributed by atoms with van der Waals surface area (Å²) < 4.78 is 20.6. The van der Waals surface area contributed by atoms with Gasteiger partial charge >= 0.3 is 0 Å². The van der Waals surface area contributed by atoms with Crippen LogP contribution in [-0.4, -0.2) is 30.3 Å². The number of Topliss-reactive ketones (excluding diaryl/α,β-unsaturated/α-hetero) is 1. The van der Waals surface area contributed by atoms with E-state index in [1.54, 1.807) is 13.2 Å². The van der Waals surface area contributed by atoms with E-state index in [1.165, 1.54) is 25.3 Å². The van der Waals surface area contributed by atoms with Gasteiger partial charge in [-0.15, -0.1) is 0 Å². The van der Waals surface area contributed by atoms with Gasteiger partial charge in [0.2, 0.25) is 0 Å². The molecule has 192 valence electrons. The average Bonchev–Trinajstić information content (AvgIpc) is 3.69. The number of allylic oxidation sites excluding steroid dienone is 1. The molecule has 0 saturated heterocycles. The molecule has 4 heteroatoms. The summed E-state index contributed by atoms with van der Waals surface area (Å²) in [6, 6.07) is 7.50. The van der Waals surface area contributed by atoms with Crippen LogP contribution < -0.4 is 0 Å². The number of rotatable bonds is 15. The van der Waals surface area contributed by atoms with E-state index in [0.29, 0.717) is 24.8 Å². The predicted octanol–water partition coefficient (Wildman–Crippen LogP) is 8.26. The van der Waals surface area contributed by atoms with E-state index in [0.717, 1.165) is 55.6 Å². The fraction of sp³-hybridized carbons (Fsp3) is 0.613. The highest BCUT2D eigenvalue weighted by Gasteiger charge is 2.39. The van der Waals surface area contributed by atoms with Gasteiger partial charge in [0.05, 0.1) is 6.26 Å². The van der Waals surface area contributed by atoms with E-state index < -0.39 is 5.67 Å². The molecule has 0 N–H and O–H groups in total. The molecule has 0 radical (unpaired) electrons. The largest absolute Gasteiger partial charge is 0.495 e. The molecule has 35 heavy (non-hydrogen) atoms. The molecule has 2 fully saturated rings. The molecule has 3 atom stereocenters. The van der Waals surface area contributed by atoms with E-state index in [1.807, 2.05) is 31.2 Å². The monoisotopic (exact) mass is 481 g/mol. The third-order valence-corrected chi connectivity index (χ3v) is 8.72. The van der Waals surface area contributed by atoms with Gasteiger partial charge in [-0.3, -0.25) is 4.79 Å². The molecule has 0 heterocycles. The summed E-state index contributed by atoms with van der Waals surface area (Å²) in [5.74, 6) is 1.96. The SMILES string of the molecule is C=COC1(CCN=C)CCC(C(CCC(=O)c2ccc([C@@H](C)C(C)(F)C=C)cc2)CC2CC2)CC1. The number of carbonyl (C=O) groups excluding carboxylic acids is 1. The Kier molecular flexibility index (Phi) is 9.49. The fourth-order valence-electron chi connectivity index (χ4n) is 5.77. The Labute approximate surface area is 212 Å². The molecule has 1 aromatic carbocycles. The standard InChI is InChI=1S/C31H44FNO2/c1-6-30(4,32)23(3)25-10-12-27(13-11-25)29(34)15-14-28(22-24-8-9-24)26-16-18-31(19-17-26,35-7-2)20-21-33-5/h6-7,10-13,23-24,26,28H,1-2,5,8-9,14-22H2,3-4H3/t23-,26?,28?,30?,31?/m1/s1. The quantitative estimate of drug-likeness (QED) is 0.109. The van der Waals surface area contributed by atoms with Gasteiger partial charge in [-0.1, -0.05) is 63.3 Å². The lowest BCUT2D eigenvalue weighted by Gasteiger charge is -2.41. The van der Waals surface area contributed by atoms with E-state index in [-0.39, 0.29) is 17.3 Å². The Morgan fingerprint density at radius 2 is 1.89 bits per heavy atom. The van der Waals surface area contributed by atoms with Gasteiger partial charge in [-0.05, 0) is 75.5 Å². The summed E-state index contributed by atoms with van der Waals surface area (Å²) in [6.07, 6.45) is 13.6. The zero-order valence-electron chi connectivity index (χ0n) is 21.8. The maximum atomic E-state index is 14.6. The maximum Gasteiger partial charge on any atom is 0.162 e. The molecule has 3 rings (SSSR count). The number of benzene rings is 1. The van der Waals surface area contributed by atoms with Gasteiger partial charge in [-0.25, -0.2) is 4.39 Å². The lowest BCUT2D eigenvalue weighted by molar-refractivity contribution is -0.0352. The molecule has 0 bridgehead atoms. The highest BCUT2D eigenvalue weighted by atomic mass is 19.1. The van der Waals surface area contributed by atoms with Crippen molar-refractivity contribution in [2.24, 2.45) is 22.7 Å². The zero-order chi connectivity index (χ0) is 25.5. The van der Waals surface area contributed by atoms with Crippen LogP contribution in [0.3, 0.4) is 0 Å². The molecule has 1 aromatic rings. The van der Waals surface area contributed by atoms with Crippen LogP contribution in [0.4, 0.5) is 4.39 Å². The minimum absolute atomic E-state index is 0.153. The summed E-state index contributed by atoms with van der Waals surface area (Å²) in [4.78, 5) is 17.1. The summed E-state index contributed by atoms with van der Waals surface area (Å²) in [5.41, 5.74) is -0.0150. The van der Waals surface area contributed by atoms with Crippen molar-refractivity contribution in [2.75, 3.05) is 6.54 Å². The van der Waals surface area contributed by atoms with Gasteiger partial charge in [-0.2, -0.15) is 0 Å². The number of halogens is 1. The first kappa shape index (κ1) is 27.4. The van der Waals surface area contributed by atoms with Crippen molar-refractivity contribution < 1.29 is 13.9 Å². The third kappa shape index (κ3) is 7.38. The van der Waals surface area contributed by atoms with Crippen molar-refractivity contribution in [3.05, 3.63) is 60.9 Å². The smallest absolute Gasteiger partial charge is 0.162 e. The molecule has 2 unspecified atom stereocenters. The fourth-order valence-corrected chi connectivity index (χ4v) is 5.77. The van der Waals surface area contributed by atoms with Crippen molar-refractivity contribution in [3.8, 4) is 0 Å². The topological polar surface area (TPSA) is 38.7 Å². The minimum atomic E-state index is -1.47. The van der Waals surface area contributed by atoms with Crippen molar-refractivity contribution in [1.82, 2.24) is 0 Å². The van der Waals surface area contributed by atoms with Crippen LogP contribution in [0.1, 0.15) is 99.9 Å². The zero-order valence-corrected chi connectivity index (χ0v) is 21.8. The summed E-state index contributed by atoms with van der Waals surface area (Å²) in [5, 5.41) is 0. The first-order chi connectivity index (χ1) is 16.7. The average molecular weight is 482 g/mol. The van der Waals surface area contributed by atoms with E-state index in [4.69, 9.17) is 4.74 Å². The highest BCUT2D eigenvalue weighted by Crippen LogP contribution is 2.46. The number of carbonyl (C=O) groups is 1. The summed E-state index contributed by atoms with van der Waals surface area (Å²) >= 11 is 0. The summed E-state index contributed by atoms with van der Waals surface area (Å²) in [6.45, 7) is 15.1. The Hall–Kier alpha value is -2.23. The molecular formula is C31H44FNO2. The number of ketones is 1. The number of hydrogen-bond donors (Lipinski definition) is 0. The molecule has 0 amide bonds. The van der Waals surface area contributed by atoms with Crippen LogP contribution in [-0.2, 0) is 4.74 Å². The molecule has 0 aliphatic heterocycles. The van der Waals surface area contributed by atoms with Crippen LogP contribution >= 0.6 is 0 Å². The van der Waals surface area contributed by atoms with Crippen LogP contribution in [0.2, 0.25) is 0 Å². The second-order valence-corrected chi connectivity index (χ2v) is 11.1. The first-order valence-electron chi connectivity index (χ1n) is 13.4. The van der Waals surface area contributed by atoms with Gasteiger partial charge < -0.3 is 9.73 Å². The number of alkyl halides is 1. The van der Waals surface area contributed by atoms with Crippen LogP contribution in [0, 0.1) is 17.8 Å². The van der Waals surface area contributed by atoms with Crippen LogP contribution in [0.25, 0.3) is 0 Å². The molecule has 3 nitrogen and oxygen atoms in total. The van der Waals surface area contributed by atoms with Crippen LogP contribution in [0.5, 0.6) is 0 Å². The van der Waals surface area contributed by atoms with Crippen molar-refractivity contribution >= 4 is 12.5 Å². The van der Waals surface area contributed by atoms with Crippen LogP contribution in [0.15, 0.2) is 54.8 Å². The van der Waals surface area contributed by atoms with E-state index in [9.17, 15) is 9.18 Å². The molecule has 2 saturated carbocycles. The second-order valence-electron chi connectivity index (χ2n) is 11.1. The molecule has 0 spiro atoms. The molecule has 2 aliphatic rings. The summed E-state index contributed by atoms with van der Waals surface area (Å²) in [7, 11) is 0. The van der Waals surface area contributed by atoms with Gasteiger partial charge in [0, 0.05) is 30.9 Å². The molecular weight excluding hydrogens is 437 g/mol. The lowest BCUT2D eigenvalue weighted by atomic mass is 9.70. The van der Waals surface area contributed by atoms with E-state index >= 15 is 0 Å². The van der Waals surface area contributed by atoms with Gasteiger partial charge in [0.25, 0.3) is 0 Å². The highest BCUT2D eigenvalue weighted by molar-refractivity contribution is 5.96. The first-order valence-corrected chi connectivity index (χ1v) is 13.4. The third-order valence-electron chi connectivity index (χ3n) is 8.72. The Balaban J connectivity index is 1.58. The van der Waals surface area contributed by atoms with Crippen molar-refractivity contribution in [2.45, 2.75) is 95.2 Å². The van der Waals surface area contributed by atoms with E-state index in [2.05, 4.69) is 24.9 Å². The normalized spacial score (nSPS) is 25.6. The number of ether oxygens (including phenoxy) is 1. The minimum Gasteiger partial charge on any atom is -0.495 e. The second kappa shape index (κ2) is 12.1. The number of hydrogen-bond acceptors (Lipinski definition) is 3. The molecule has 0 aromatic heterocycles. The molecule has 2 aliphatic carbocycles.